The van der Waals surface area contributed by atoms with E-state index < -0.39 is 0 Å². The fourth-order valence-electron chi connectivity index (χ4n) is 4.28. The summed E-state index contributed by atoms with van der Waals surface area (Å²) in [5, 5.41) is 4.11. The Morgan fingerprint density at radius 1 is 1.23 bits per heavy atom. The third-order valence-corrected chi connectivity index (χ3v) is 6.62. The second-order valence-corrected chi connectivity index (χ2v) is 8.41. The molecule has 0 aromatic rings. The second-order valence-electron chi connectivity index (χ2n) is 6.84. The van der Waals surface area contributed by atoms with Gasteiger partial charge in [0.05, 0.1) is 6.04 Å². The summed E-state index contributed by atoms with van der Waals surface area (Å²) in [4.78, 5) is 15.2. The van der Waals surface area contributed by atoms with E-state index in [4.69, 9.17) is 4.74 Å². The van der Waals surface area contributed by atoms with Gasteiger partial charge in [-0.1, -0.05) is 6.92 Å². The van der Waals surface area contributed by atoms with Gasteiger partial charge >= 0.3 is 0 Å². The lowest BCUT2D eigenvalue weighted by Gasteiger charge is -2.35. The predicted molar refractivity (Wildman–Crippen MR) is 91.3 cm³/mol. The predicted octanol–water partition coefficient (Wildman–Crippen LogP) is 2.42. The summed E-state index contributed by atoms with van der Waals surface area (Å²) >= 11 is 2.05. The number of nitrogens with zero attached hydrogens (tertiary/aromatic N) is 1. The van der Waals surface area contributed by atoms with E-state index in [-0.39, 0.29) is 11.9 Å². The Bertz CT molecular complexity index is 374. The first-order chi connectivity index (χ1) is 10.8. The number of carbonyl (C=O) groups is 1. The maximum Gasteiger partial charge on any atom is 0.237 e. The van der Waals surface area contributed by atoms with Crippen molar-refractivity contribution in [1.29, 1.82) is 0 Å². The Morgan fingerprint density at radius 2 is 2.05 bits per heavy atom. The molecule has 1 N–H and O–H groups in total. The van der Waals surface area contributed by atoms with Crippen molar-refractivity contribution in [2.24, 2.45) is 0 Å². The van der Waals surface area contributed by atoms with Crippen LogP contribution in [-0.4, -0.2) is 59.7 Å². The van der Waals surface area contributed by atoms with Crippen molar-refractivity contribution >= 4 is 17.7 Å². The van der Waals surface area contributed by atoms with Gasteiger partial charge in [0.25, 0.3) is 0 Å². The molecule has 2 saturated heterocycles. The Morgan fingerprint density at radius 3 is 2.82 bits per heavy atom. The number of rotatable bonds is 5. The molecule has 3 aliphatic rings. The van der Waals surface area contributed by atoms with Crippen molar-refractivity contribution < 1.29 is 9.53 Å². The summed E-state index contributed by atoms with van der Waals surface area (Å²) in [5.41, 5.74) is 0. The molecule has 5 heteroatoms. The van der Waals surface area contributed by atoms with Gasteiger partial charge in [-0.05, 0) is 57.2 Å². The van der Waals surface area contributed by atoms with Crippen molar-refractivity contribution in [3.8, 4) is 0 Å². The van der Waals surface area contributed by atoms with Gasteiger partial charge in [0.1, 0.15) is 0 Å². The Balaban J connectivity index is 1.50. The van der Waals surface area contributed by atoms with Gasteiger partial charge in [-0.15, -0.1) is 0 Å². The molecule has 1 amide bonds. The van der Waals surface area contributed by atoms with Crippen molar-refractivity contribution in [1.82, 2.24) is 10.2 Å². The molecule has 0 aromatic carbocycles. The van der Waals surface area contributed by atoms with Crippen molar-refractivity contribution in [3.05, 3.63) is 0 Å². The SMILES string of the molecule is CCS[C@@H]1CC[C@@H](NC(=O)[C@@H]2CCCN2C2CCOCC2)C1. The van der Waals surface area contributed by atoms with E-state index >= 15 is 0 Å². The van der Waals surface area contributed by atoms with Crippen LogP contribution in [0.2, 0.25) is 0 Å². The topological polar surface area (TPSA) is 41.6 Å². The average Bonchev–Trinajstić information content (AvgIpc) is 3.18. The van der Waals surface area contributed by atoms with Gasteiger partial charge in [-0.3, -0.25) is 9.69 Å². The summed E-state index contributed by atoms with van der Waals surface area (Å²) in [6, 6.07) is 1.08. The molecule has 0 aromatic heterocycles. The van der Waals surface area contributed by atoms with E-state index in [1.54, 1.807) is 0 Å². The highest BCUT2D eigenvalue weighted by molar-refractivity contribution is 7.99. The highest BCUT2D eigenvalue weighted by Crippen LogP contribution is 2.30. The van der Waals surface area contributed by atoms with E-state index in [9.17, 15) is 4.79 Å². The van der Waals surface area contributed by atoms with Crippen LogP contribution in [0, 0.1) is 0 Å². The maximum atomic E-state index is 12.7. The second kappa shape index (κ2) is 8.02. The van der Waals surface area contributed by atoms with Gasteiger partial charge in [0.15, 0.2) is 0 Å². The summed E-state index contributed by atoms with van der Waals surface area (Å²) in [7, 11) is 0. The number of thioether (sulfide) groups is 1. The molecule has 0 bridgehead atoms. The van der Waals surface area contributed by atoms with Crippen LogP contribution in [0.15, 0.2) is 0 Å². The molecule has 3 fully saturated rings. The first-order valence-electron chi connectivity index (χ1n) is 9.03. The van der Waals surface area contributed by atoms with Crippen LogP contribution in [0.1, 0.15) is 51.9 Å². The summed E-state index contributed by atoms with van der Waals surface area (Å²) in [5.74, 6) is 1.47. The summed E-state index contributed by atoms with van der Waals surface area (Å²) in [6.07, 6.45) is 7.95. The van der Waals surface area contributed by atoms with E-state index in [1.165, 1.54) is 12.2 Å². The van der Waals surface area contributed by atoms with Crippen LogP contribution in [0.5, 0.6) is 0 Å². The lowest BCUT2D eigenvalue weighted by Crippen LogP contribution is -2.51. The molecule has 1 saturated carbocycles. The molecule has 3 rings (SSSR count). The third-order valence-electron chi connectivity index (χ3n) is 5.39. The van der Waals surface area contributed by atoms with Gasteiger partial charge < -0.3 is 10.1 Å². The van der Waals surface area contributed by atoms with Crippen LogP contribution in [0.3, 0.4) is 0 Å². The number of likely N-dealkylation sites (tertiary alicyclic amines) is 1. The molecule has 1 aliphatic carbocycles. The maximum absolute atomic E-state index is 12.7. The number of hydrogen-bond donors (Lipinski definition) is 1. The van der Waals surface area contributed by atoms with Crippen LogP contribution in [0.4, 0.5) is 0 Å². The third kappa shape index (κ3) is 3.98. The van der Waals surface area contributed by atoms with Crippen LogP contribution in [0.25, 0.3) is 0 Å². The zero-order chi connectivity index (χ0) is 15.4. The molecule has 3 atom stereocenters. The minimum absolute atomic E-state index is 0.112. The number of nitrogens with one attached hydrogen (secondary N) is 1. The van der Waals surface area contributed by atoms with Gasteiger partial charge in [0, 0.05) is 30.5 Å². The first-order valence-corrected chi connectivity index (χ1v) is 10.1. The van der Waals surface area contributed by atoms with E-state index in [0.29, 0.717) is 12.1 Å². The number of ether oxygens (including phenoxy) is 1. The quantitative estimate of drug-likeness (QED) is 0.842. The van der Waals surface area contributed by atoms with Crippen molar-refractivity contribution in [2.45, 2.75) is 75.2 Å². The highest BCUT2D eigenvalue weighted by atomic mass is 32.2. The lowest BCUT2D eigenvalue weighted by atomic mass is 10.1. The molecule has 2 aliphatic heterocycles. The average molecular weight is 327 g/mol. The number of hydrogen-bond acceptors (Lipinski definition) is 4. The Labute approximate surface area is 138 Å². The standard InChI is InChI=1S/C17H30N2O2S/c1-2-22-15-6-5-13(12-15)18-17(20)16-4-3-9-19(16)14-7-10-21-11-8-14/h13-16H,2-12H2,1H3,(H,18,20)/t13-,15-,16+/m1/s1. The molecule has 0 spiro atoms. The molecule has 126 valence electrons. The van der Waals surface area contributed by atoms with Crippen LogP contribution >= 0.6 is 11.8 Å². The summed E-state index contributed by atoms with van der Waals surface area (Å²) in [6.45, 7) is 5.02. The highest BCUT2D eigenvalue weighted by Gasteiger charge is 2.37. The van der Waals surface area contributed by atoms with Crippen molar-refractivity contribution in [2.75, 3.05) is 25.5 Å². The minimum atomic E-state index is 0.112. The van der Waals surface area contributed by atoms with E-state index in [0.717, 1.165) is 63.5 Å². The fraction of sp³-hybridized carbons (Fsp3) is 0.941. The molecule has 22 heavy (non-hydrogen) atoms. The molecule has 4 nitrogen and oxygen atoms in total. The lowest BCUT2D eigenvalue weighted by molar-refractivity contribution is -0.127. The smallest absolute Gasteiger partial charge is 0.237 e. The zero-order valence-corrected chi connectivity index (χ0v) is 14.6. The van der Waals surface area contributed by atoms with Crippen LogP contribution in [-0.2, 0) is 9.53 Å². The van der Waals surface area contributed by atoms with Crippen molar-refractivity contribution in [3.63, 3.8) is 0 Å². The van der Waals surface area contributed by atoms with Gasteiger partial charge in [-0.2, -0.15) is 11.8 Å². The van der Waals surface area contributed by atoms with E-state index in [1.807, 2.05) is 11.8 Å². The van der Waals surface area contributed by atoms with Crippen LogP contribution < -0.4 is 5.32 Å². The number of carbonyl (C=O) groups excluding carboxylic acids is 1. The van der Waals surface area contributed by atoms with Gasteiger partial charge in [-0.25, -0.2) is 0 Å². The molecule has 2 heterocycles. The molecule has 0 unspecified atom stereocenters. The molecule has 0 radical (unpaired) electrons. The van der Waals surface area contributed by atoms with Gasteiger partial charge in [0.2, 0.25) is 5.91 Å². The Kier molecular flexibility index (Phi) is 6.05. The zero-order valence-electron chi connectivity index (χ0n) is 13.8. The van der Waals surface area contributed by atoms with E-state index in [2.05, 4.69) is 17.1 Å². The Hall–Kier alpha value is -0.260. The molecular weight excluding hydrogens is 296 g/mol. The minimum Gasteiger partial charge on any atom is -0.381 e. The molecular formula is C17H30N2O2S. The number of amides is 1. The normalized spacial score (nSPS) is 34.1. The first kappa shape index (κ1) is 16.6. The summed E-state index contributed by atoms with van der Waals surface area (Å²) < 4.78 is 5.47. The fourth-order valence-corrected chi connectivity index (χ4v) is 5.42. The monoisotopic (exact) mass is 326 g/mol. The largest absolute Gasteiger partial charge is 0.381 e.